The molecule has 5 rings (SSSR count). The van der Waals surface area contributed by atoms with E-state index in [0.717, 1.165) is 0 Å². The van der Waals surface area contributed by atoms with Gasteiger partial charge in [0.2, 0.25) is 11.8 Å². The van der Waals surface area contributed by atoms with Gasteiger partial charge in [0.25, 0.3) is 11.8 Å². The lowest BCUT2D eigenvalue weighted by Crippen LogP contribution is -2.33. The number of hydrogen-bond donors (Lipinski definition) is 4. The second-order valence-electron chi connectivity index (χ2n) is 10.1. The molecule has 2 heterocycles. The van der Waals surface area contributed by atoms with Crippen LogP contribution in [-0.2, 0) is 22.7 Å². The highest BCUT2D eigenvalue weighted by molar-refractivity contribution is 6.05. The van der Waals surface area contributed by atoms with Crippen LogP contribution in [0.15, 0.2) is 94.2 Å². The molecule has 0 spiro atoms. The average Bonchev–Trinajstić information content (AvgIpc) is 3.74. The highest BCUT2D eigenvalue weighted by Crippen LogP contribution is 2.31. The second-order valence-corrected chi connectivity index (χ2v) is 10.1. The first-order valence-corrected chi connectivity index (χ1v) is 13.9. The predicted octanol–water partition coefficient (Wildman–Crippen LogP) is 5.12. The Kier molecular flexibility index (Phi) is 9.13. The minimum Gasteiger partial charge on any atom is -0.467 e. The van der Waals surface area contributed by atoms with Gasteiger partial charge >= 0.3 is 0 Å². The first-order chi connectivity index (χ1) is 20.5. The monoisotopic (exact) mass is 568 g/mol. The van der Waals surface area contributed by atoms with Crippen LogP contribution in [0.1, 0.15) is 57.9 Å². The lowest BCUT2D eigenvalue weighted by Gasteiger charge is -2.27. The molecule has 10 heteroatoms. The number of benzene rings is 2. The number of para-hydroxylation sites is 2. The Morgan fingerprint density at radius 2 is 0.976 bits per heavy atom. The Morgan fingerprint density at radius 3 is 1.36 bits per heavy atom. The molecule has 0 aliphatic heterocycles. The minimum atomic E-state index is -0.322. The summed E-state index contributed by atoms with van der Waals surface area (Å²) in [5, 5.41) is 11.4. The van der Waals surface area contributed by atoms with Crippen molar-refractivity contribution in [1.82, 2.24) is 10.6 Å². The van der Waals surface area contributed by atoms with Crippen molar-refractivity contribution in [3.8, 4) is 0 Å². The largest absolute Gasteiger partial charge is 0.467 e. The van der Waals surface area contributed by atoms with E-state index in [9.17, 15) is 19.2 Å². The Morgan fingerprint density at radius 1 is 0.571 bits per heavy atom. The average molecular weight is 569 g/mol. The van der Waals surface area contributed by atoms with E-state index < -0.39 is 0 Å². The van der Waals surface area contributed by atoms with Crippen LogP contribution >= 0.6 is 0 Å². The molecule has 0 bridgehead atoms. The zero-order valence-corrected chi connectivity index (χ0v) is 22.9. The van der Waals surface area contributed by atoms with Crippen LogP contribution < -0.4 is 21.3 Å². The molecule has 1 fully saturated rings. The van der Waals surface area contributed by atoms with Gasteiger partial charge in [0.15, 0.2) is 0 Å². The molecule has 0 unspecified atom stereocenters. The van der Waals surface area contributed by atoms with E-state index in [2.05, 4.69) is 21.3 Å². The third kappa shape index (κ3) is 7.14. The van der Waals surface area contributed by atoms with Crippen molar-refractivity contribution in [3.63, 3.8) is 0 Å². The highest BCUT2D eigenvalue weighted by atomic mass is 16.3. The first-order valence-electron chi connectivity index (χ1n) is 13.9. The maximum Gasteiger partial charge on any atom is 0.253 e. The minimum absolute atomic E-state index is 0.182. The number of carbonyl (C=O) groups excluding carboxylic acids is 4. The van der Waals surface area contributed by atoms with Crippen molar-refractivity contribution < 1.29 is 28.0 Å². The lowest BCUT2D eigenvalue weighted by atomic mass is 9.81. The van der Waals surface area contributed by atoms with Gasteiger partial charge in [0, 0.05) is 11.8 Å². The number of nitrogens with one attached hydrogen (secondary N) is 4. The van der Waals surface area contributed by atoms with E-state index in [-0.39, 0.29) is 48.6 Å². The van der Waals surface area contributed by atoms with Crippen molar-refractivity contribution >= 4 is 35.0 Å². The zero-order chi connectivity index (χ0) is 29.3. The Labute approximate surface area is 242 Å². The Bertz CT molecular complexity index is 1410. The number of rotatable bonds is 10. The van der Waals surface area contributed by atoms with Gasteiger partial charge in [-0.15, -0.1) is 0 Å². The smallest absolute Gasteiger partial charge is 0.253 e. The Hall–Kier alpha value is -5.12. The van der Waals surface area contributed by atoms with Gasteiger partial charge in [-0.2, -0.15) is 0 Å². The van der Waals surface area contributed by atoms with E-state index in [1.54, 1.807) is 72.8 Å². The summed E-state index contributed by atoms with van der Waals surface area (Å²) >= 11 is 0. The van der Waals surface area contributed by atoms with Gasteiger partial charge in [-0.3, -0.25) is 19.2 Å². The fourth-order valence-electron chi connectivity index (χ4n) is 5.02. The molecule has 1 saturated carbocycles. The van der Waals surface area contributed by atoms with Crippen LogP contribution in [-0.4, -0.2) is 23.6 Å². The molecule has 42 heavy (non-hydrogen) atoms. The third-order valence-corrected chi connectivity index (χ3v) is 7.33. The van der Waals surface area contributed by atoms with Gasteiger partial charge in [0.1, 0.15) is 11.5 Å². The number of hydrogen-bond acceptors (Lipinski definition) is 6. The molecule has 2 aromatic heterocycles. The second kappa shape index (κ2) is 13.5. The van der Waals surface area contributed by atoms with Crippen LogP contribution in [0.5, 0.6) is 0 Å². The van der Waals surface area contributed by atoms with E-state index in [4.69, 9.17) is 8.83 Å². The molecular formula is C32H32N4O6. The SMILES string of the molecule is O=C(NCc1ccco1)c1ccccc1NC(=O)C1CCC(C(=O)Nc2ccccc2C(=O)NCc2ccco2)CC1. The van der Waals surface area contributed by atoms with E-state index in [0.29, 0.717) is 59.7 Å². The normalized spacial score (nSPS) is 16.3. The predicted molar refractivity (Wildman–Crippen MR) is 155 cm³/mol. The molecule has 2 aromatic carbocycles. The first kappa shape index (κ1) is 28.4. The molecule has 10 nitrogen and oxygen atoms in total. The van der Waals surface area contributed by atoms with Gasteiger partial charge in [-0.05, 0) is 74.2 Å². The summed E-state index contributed by atoms with van der Waals surface area (Å²) in [4.78, 5) is 51.8. The summed E-state index contributed by atoms with van der Waals surface area (Å²) in [6.45, 7) is 0.473. The van der Waals surface area contributed by atoms with E-state index in [1.807, 2.05) is 0 Å². The third-order valence-electron chi connectivity index (χ3n) is 7.33. The highest BCUT2D eigenvalue weighted by Gasteiger charge is 2.31. The van der Waals surface area contributed by atoms with Crippen molar-refractivity contribution in [2.45, 2.75) is 38.8 Å². The molecule has 0 radical (unpaired) electrons. The van der Waals surface area contributed by atoms with Gasteiger partial charge in [0.05, 0.1) is 48.1 Å². The van der Waals surface area contributed by atoms with Crippen molar-refractivity contribution in [2.24, 2.45) is 11.8 Å². The van der Waals surface area contributed by atoms with Crippen LogP contribution in [0.25, 0.3) is 0 Å². The summed E-state index contributed by atoms with van der Waals surface area (Å²) in [6.07, 6.45) is 5.20. The number of carbonyl (C=O) groups is 4. The van der Waals surface area contributed by atoms with Crippen LogP contribution in [0.2, 0.25) is 0 Å². The molecule has 1 aliphatic rings. The van der Waals surface area contributed by atoms with Crippen molar-refractivity contribution in [3.05, 3.63) is 108 Å². The molecule has 1 aliphatic carbocycles. The van der Waals surface area contributed by atoms with Gasteiger partial charge in [-0.25, -0.2) is 0 Å². The lowest BCUT2D eigenvalue weighted by molar-refractivity contribution is -0.125. The fourth-order valence-corrected chi connectivity index (χ4v) is 5.02. The summed E-state index contributed by atoms with van der Waals surface area (Å²) < 4.78 is 10.5. The zero-order valence-electron chi connectivity index (χ0n) is 22.9. The Balaban J connectivity index is 1.13. The van der Waals surface area contributed by atoms with Gasteiger partial charge in [-0.1, -0.05) is 24.3 Å². The summed E-state index contributed by atoms with van der Waals surface area (Å²) in [5.41, 5.74) is 1.58. The quantitative estimate of drug-likeness (QED) is 0.209. The van der Waals surface area contributed by atoms with Crippen LogP contribution in [0, 0.1) is 11.8 Å². The van der Waals surface area contributed by atoms with E-state index in [1.165, 1.54) is 12.5 Å². The molecule has 4 aromatic rings. The number of anilines is 2. The molecule has 4 amide bonds. The number of amides is 4. The summed E-state index contributed by atoms with van der Waals surface area (Å²) in [6, 6.07) is 20.7. The molecule has 4 N–H and O–H groups in total. The van der Waals surface area contributed by atoms with Crippen molar-refractivity contribution in [2.75, 3.05) is 10.6 Å². The molecule has 0 saturated heterocycles. The summed E-state index contributed by atoms with van der Waals surface area (Å²) in [7, 11) is 0. The molecular weight excluding hydrogens is 536 g/mol. The molecule has 0 atom stereocenters. The molecule has 216 valence electrons. The summed E-state index contributed by atoms with van der Waals surface area (Å²) in [5.74, 6) is -0.321. The fraction of sp³-hybridized carbons (Fsp3) is 0.250. The standard InChI is InChI=1S/C32H32N4O6/c37-29(35-27-11-3-1-9-25(27)31(39)33-19-23-7-5-17-41-23)21-13-15-22(16-14-21)30(38)36-28-12-4-2-10-26(28)32(40)34-20-24-8-6-18-42-24/h1-12,17-18,21-22H,13-16,19-20H2,(H,33,39)(H,34,40)(H,35,37)(H,36,38). The van der Waals surface area contributed by atoms with Gasteiger partial charge < -0.3 is 30.1 Å². The number of furan rings is 2. The topological polar surface area (TPSA) is 143 Å². The van der Waals surface area contributed by atoms with Crippen molar-refractivity contribution in [1.29, 1.82) is 0 Å². The van der Waals surface area contributed by atoms with E-state index >= 15 is 0 Å². The maximum absolute atomic E-state index is 13.1. The van der Waals surface area contributed by atoms with Crippen LogP contribution in [0.4, 0.5) is 11.4 Å². The maximum atomic E-state index is 13.1. The van der Waals surface area contributed by atoms with Crippen LogP contribution in [0.3, 0.4) is 0 Å².